The summed E-state index contributed by atoms with van der Waals surface area (Å²) in [4.78, 5) is 12.6. The Labute approximate surface area is 180 Å². The minimum atomic E-state index is -1.35. The summed E-state index contributed by atoms with van der Waals surface area (Å²) in [7, 11) is 0. The van der Waals surface area contributed by atoms with Crippen LogP contribution in [0.1, 0.15) is 85.5 Å². The molecule has 0 amide bonds. The van der Waals surface area contributed by atoms with Crippen LogP contribution >= 0.6 is 0 Å². The molecule has 4 aliphatic carbocycles. The molecule has 8 atom stereocenters. The Bertz CT molecular complexity index is 702. The van der Waals surface area contributed by atoms with Crippen molar-refractivity contribution in [3.63, 3.8) is 0 Å². The number of hydrogen-bond acceptors (Lipinski definition) is 6. The SMILES string of the molecule is CC(C)(C)C(=O)OC1CC[C@]2(O)[C@]1(C)CC[C@H]1[C@@]3(CO)CCC(O)CC3CC[C@]12O. The topological polar surface area (TPSA) is 107 Å². The van der Waals surface area contributed by atoms with Gasteiger partial charge in [0.15, 0.2) is 0 Å². The van der Waals surface area contributed by atoms with Gasteiger partial charge < -0.3 is 25.2 Å². The van der Waals surface area contributed by atoms with Crippen LogP contribution in [0.2, 0.25) is 0 Å². The van der Waals surface area contributed by atoms with E-state index in [-0.39, 0.29) is 30.5 Å². The monoisotopic (exact) mass is 424 g/mol. The van der Waals surface area contributed by atoms with E-state index in [1.54, 1.807) is 0 Å². The van der Waals surface area contributed by atoms with Gasteiger partial charge in [-0.2, -0.15) is 0 Å². The van der Waals surface area contributed by atoms with Crippen molar-refractivity contribution >= 4 is 5.97 Å². The first-order chi connectivity index (χ1) is 13.8. The number of carbonyl (C=O) groups excluding carboxylic acids is 1. The Kier molecular flexibility index (Phi) is 5.18. The number of rotatable bonds is 2. The fourth-order valence-electron chi connectivity index (χ4n) is 7.80. The summed E-state index contributed by atoms with van der Waals surface area (Å²) in [5.41, 5.74) is -4.45. The minimum Gasteiger partial charge on any atom is -0.461 e. The van der Waals surface area contributed by atoms with E-state index in [9.17, 15) is 25.2 Å². The number of esters is 1. The summed E-state index contributed by atoms with van der Waals surface area (Å²) in [5, 5.41) is 44.9. The van der Waals surface area contributed by atoms with E-state index >= 15 is 0 Å². The van der Waals surface area contributed by atoms with Gasteiger partial charge in [0.1, 0.15) is 11.7 Å². The Morgan fingerprint density at radius 1 is 1.03 bits per heavy atom. The molecule has 0 bridgehead atoms. The van der Waals surface area contributed by atoms with Crippen molar-refractivity contribution in [2.75, 3.05) is 6.61 Å². The third-order valence-electron chi connectivity index (χ3n) is 9.71. The van der Waals surface area contributed by atoms with Crippen LogP contribution < -0.4 is 0 Å². The van der Waals surface area contributed by atoms with E-state index in [4.69, 9.17) is 4.74 Å². The lowest BCUT2D eigenvalue weighted by Crippen LogP contribution is -2.74. The minimum absolute atomic E-state index is 0.0212. The quantitative estimate of drug-likeness (QED) is 0.508. The summed E-state index contributed by atoms with van der Waals surface area (Å²) in [6.45, 7) is 7.43. The Balaban J connectivity index is 1.67. The van der Waals surface area contributed by atoms with Crippen LogP contribution in [0, 0.1) is 28.1 Å². The summed E-state index contributed by atoms with van der Waals surface area (Å²) in [5.74, 6) is -0.319. The van der Waals surface area contributed by atoms with Gasteiger partial charge in [-0.1, -0.05) is 6.92 Å². The molecule has 4 N–H and O–H groups in total. The zero-order valence-corrected chi connectivity index (χ0v) is 19.0. The zero-order valence-electron chi connectivity index (χ0n) is 19.0. The second-order valence-corrected chi connectivity index (χ2v) is 12.0. The van der Waals surface area contributed by atoms with Gasteiger partial charge in [0.25, 0.3) is 0 Å². The molecule has 0 saturated heterocycles. The number of aliphatic hydroxyl groups excluding tert-OH is 2. The van der Waals surface area contributed by atoms with Crippen LogP contribution in [0.15, 0.2) is 0 Å². The van der Waals surface area contributed by atoms with Crippen LogP contribution in [0.25, 0.3) is 0 Å². The molecule has 0 spiro atoms. The van der Waals surface area contributed by atoms with Gasteiger partial charge in [-0.25, -0.2) is 0 Å². The lowest BCUT2D eigenvalue weighted by molar-refractivity contribution is -0.307. The molecular formula is C24H40O6. The molecule has 0 aliphatic heterocycles. The molecule has 4 aliphatic rings. The lowest BCUT2D eigenvalue weighted by atomic mass is 9.41. The molecule has 0 aromatic heterocycles. The molecule has 0 heterocycles. The number of ether oxygens (including phenoxy) is 1. The third-order valence-corrected chi connectivity index (χ3v) is 9.71. The molecule has 6 nitrogen and oxygen atoms in total. The average molecular weight is 425 g/mol. The van der Waals surface area contributed by atoms with Crippen molar-refractivity contribution in [2.45, 2.75) is 109 Å². The second kappa shape index (κ2) is 6.90. The summed E-state index contributed by atoms with van der Waals surface area (Å²) >= 11 is 0. The average Bonchev–Trinajstić information content (AvgIpc) is 2.93. The molecule has 172 valence electrons. The van der Waals surface area contributed by atoms with Gasteiger partial charge in [-0.3, -0.25) is 4.79 Å². The van der Waals surface area contributed by atoms with Crippen molar-refractivity contribution in [3.05, 3.63) is 0 Å². The van der Waals surface area contributed by atoms with E-state index in [1.807, 2.05) is 27.7 Å². The maximum absolute atomic E-state index is 12.6. The first-order valence-corrected chi connectivity index (χ1v) is 11.8. The molecule has 0 aromatic carbocycles. The van der Waals surface area contributed by atoms with E-state index in [2.05, 4.69) is 0 Å². The number of fused-ring (bicyclic) bond motifs is 5. The van der Waals surface area contributed by atoms with Crippen molar-refractivity contribution in [1.82, 2.24) is 0 Å². The summed E-state index contributed by atoms with van der Waals surface area (Å²) in [6.07, 6.45) is 4.63. The van der Waals surface area contributed by atoms with Crippen LogP contribution in [-0.4, -0.2) is 56.4 Å². The molecule has 0 aromatic rings. The fraction of sp³-hybridized carbons (Fsp3) is 0.958. The Morgan fingerprint density at radius 3 is 2.37 bits per heavy atom. The summed E-state index contributed by atoms with van der Waals surface area (Å²) in [6, 6.07) is 0. The largest absolute Gasteiger partial charge is 0.461 e. The maximum Gasteiger partial charge on any atom is 0.311 e. The normalized spacial score (nSPS) is 50.9. The van der Waals surface area contributed by atoms with Gasteiger partial charge in [-0.05, 0) is 90.4 Å². The van der Waals surface area contributed by atoms with E-state index < -0.39 is 33.6 Å². The first kappa shape index (κ1) is 22.5. The highest BCUT2D eigenvalue weighted by Gasteiger charge is 2.75. The van der Waals surface area contributed by atoms with Crippen molar-refractivity contribution < 1.29 is 30.0 Å². The van der Waals surface area contributed by atoms with Gasteiger partial charge in [0.2, 0.25) is 0 Å². The Morgan fingerprint density at radius 2 is 1.73 bits per heavy atom. The number of carbonyl (C=O) groups is 1. The van der Waals surface area contributed by atoms with Gasteiger partial charge in [0, 0.05) is 17.4 Å². The molecule has 30 heavy (non-hydrogen) atoms. The van der Waals surface area contributed by atoms with Gasteiger partial charge in [0.05, 0.1) is 17.1 Å². The molecule has 0 radical (unpaired) electrons. The highest BCUT2D eigenvalue weighted by molar-refractivity contribution is 5.75. The smallest absolute Gasteiger partial charge is 0.311 e. The highest BCUT2D eigenvalue weighted by Crippen LogP contribution is 2.69. The fourth-order valence-corrected chi connectivity index (χ4v) is 7.80. The molecule has 6 heteroatoms. The number of aliphatic hydroxyl groups is 4. The Hall–Kier alpha value is -0.690. The van der Waals surface area contributed by atoms with Crippen molar-refractivity contribution in [1.29, 1.82) is 0 Å². The van der Waals surface area contributed by atoms with Gasteiger partial charge in [-0.15, -0.1) is 0 Å². The third kappa shape index (κ3) is 2.79. The molecule has 3 unspecified atom stereocenters. The molecular weight excluding hydrogens is 384 g/mol. The van der Waals surface area contributed by atoms with E-state index in [1.165, 1.54) is 0 Å². The zero-order chi connectivity index (χ0) is 22.2. The number of hydrogen-bond donors (Lipinski definition) is 4. The molecule has 4 fully saturated rings. The van der Waals surface area contributed by atoms with Crippen molar-refractivity contribution in [3.8, 4) is 0 Å². The van der Waals surface area contributed by atoms with Crippen molar-refractivity contribution in [2.24, 2.45) is 28.1 Å². The lowest BCUT2D eigenvalue weighted by Gasteiger charge is -2.67. The predicted octanol–water partition coefficient (Wildman–Crippen LogP) is 2.55. The van der Waals surface area contributed by atoms with Gasteiger partial charge >= 0.3 is 5.97 Å². The van der Waals surface area contributed by atoms with Crippen LogP contribution in [0.4, 0.5) is 0 Å². The maximum atomic E-state index is 12.6. The molecule has 4 saturated carbocycles. The highest BCUT2D eigenvalue weighted by atomic mass is 16.5. The van der Waals surface area contributed by atoms with Crippen LogP contribution in [0.5, 0.6) is 0 Å². The van der Waals surface area contributed by atoms with E-state index in [0.29, 0.717) is 57.8 Å². The standard InChI is InChI=1S/C24H40O6/c1-20(2,3)19(27)30-18-8-12-24(29)21(18,4)9-7-17-22(14-25)10-6-16(26)13-15(22)5-11-23(17,24)28/h15-18,25-26,28-29H,5-14H2,1-4H3/t15?,16?,17-,18?,21+,22+,23-,24-/m0/s1. The second-order valence-electron chi connectivity index (χ2n) is 12.0. The van der Waals surface area contributed by atoms with Crippen LogP contribution in [-0.2, 0) is 9.53 Å². The summed E-state index contributed by atoms with van der Waals surface area (Å²) < 4.78 is 5.92. The molecule has 4 rings (SSSR count). The predicted molar refractivity (Wildman–Crippen MR) is 111 cm³/mol. The van der Waals surface area contributed by atoms with Crippen LogP contribution in [0.3, 0.4) is 0 Å². The first-order valence-electron chi connectivity index (χ1n) is 11.8. The van der Waals surface area contributed by atoms with E-state index in [0.717, 1.165) is 0 Å².